The van der Waals surface area contributed by atoms with Gasteiger partial charge in [-0.15, -0.1) is 0 Å². The molecule has 2 aromatic carbocycles. The Balaban J connectivity index is 2.12. The van der Waals surface area contributed by atoms with Crippen molar-refractivity contribution >= 4 is 22.3 Å². The predicted octanol–water partition coefficient (Wildman–Crippen LogP) is 5.36. The molecule has 2 heteroatoms. The lowest BCUT2D eigenvalue weighted by Crippen LogP contribution is -2.03. The van der Waals surface area contributed by atoms with Gasteiger partial charge in [-0.2, -0.15) is 0 Å². The third kappa shape index (κ3) is 3.26. The number of hydrogen-bond acceptors (Lipinski definition) is 1. The molecule has 0 aliphatic heterocycles. The number of allylic oxidation sites excluding steroid dienone is 4. The Morgan fingerprint density at radius 2 is 1.91 bits per heavy atom. The number of benzene rings is 2. The summed E-state index contributed by atoms with van der Waals surface area (Å²) in [7, 11) is 0. The summed E-state index contributed by atoms with van der Waals surface area (Å²) in [6.45, 7) is 1.99. The Hall–Kier alpha value is -2.61. The van der Waals surface area contributed by atoms with Gasteiger partial charge in [-0.05, 0) is 58.9 Å². The highest BCUT2D eigenvalue weighted by Gasteiger charge is 2.13. The molecule has 116 valence electrons. The largest absolute Gasteiger partial charge is 0.478 e. The molecule has 0 saturated heterocycles. The van der Waals surface area contributed by atoms with Gasteiger partial charge < -0.3 is 5.11 Å². The molecule has 0 atom stereocenters. The highest BCUT2D eigenvalue weighted by atomic mass is 16.4. The van der Waals surface area contributed by atoms with Gasteiger partial charge in [0.25, 0.3) is 0 Å². The smallest absolute Gasteiger partial charge is 0.335 e. The molecule has 2 aromatic rings. The van der Waals surface area contributed by atoms with Gasteiger partial charge >= 0.3 is 5.97 Å². The second-order valence-corrected chi connectivity index (χ2v) is 5.77. The number of rotatable bonds is 3. The van der Waals surface area contributed by atoms with Crippen LogP contribution in [0.5, 0.6) is 0 Å². The van der Waals surface area contributed by atoms with Gasteiger partial charge in [0, 0.05) is 0 Å². The van der Waals surface area contributed by atoms with Gasteiger partial charge in [0.1, 0.15) is 0 Å². The molecule has 1 N–H and O–H groups in total. The molecular weight excluding hydrogens is 284 g/mol. The Bertz CT molecular complexity index is 838. The highest BCUT2D eigenvalue weighted by molar-refractivity contribution is 5.95. The van der Waals surface area contributed by atoms with E-state index in [9.17, 15) is 9.90 Å². The van der Waals surface area contributed by atoms with Gasteiger partial charge in [0.2, 0.25) is 0 Å². The molecule has 0 bridgehead atoms. The monoisotopic (exact) mass is 304 g/mol. The fourth-order valence-electron chi connectivity index (χ4n) is 3.02. The van der Waals surface area contributed by atoms with Crippen LogP contribution in [0.15, 0.2) is 71.8 Å². The van der Waals surface area contributed by atoms with Gasteiger partial charge in [-0.1, -0.05) is 55.5 Å². The van der Waals surface area contributed by atoms with Crippen molar-refractivity contribution in [3.63, 3.8) is 0 Å². The van der Waals surface area contributed by atoms with Crippen LogP contribution < -0.4 is 0 Å². The lowest BCUT2D eigenvalue weighted by Gasteiger charge is -2.13. The minimum absolute atomic E-state index is 0.409. The van der Waals surface area contributed by atoms with Crippen LogP contribution in [0.4, 0.5) is 0 Å². The zero-order chi connectivity index (χ0) is 16.2. The van der Waals surface area contributed by atoms with E-state index in [1.165, 1.54) is 10.8 Å². The van der Waals surface area contributed by atoms with Crippen LogP contribution in [0.2, 0.25) is 0 Å². The molecule has 0 unspecified atom stereocenters. The number of carboxylic acids is 1. The fourth-order valence-corrected chi connectivity index (χ4v) is 3.02. The third-order valence-electron chi connectivity index (χ3n) is 4.30. The lowest BCUT2D eigenvalue weighted by molar-refractivity contribution is -0.132. The molecule has 0 radical (unpaired) electrons. The summed E-state index contributed by atoms with van der Waals surface area (Å²) < 4.78 is 0. The Morgan fingerprint density at radius 1 is 1.13 bits per heavy atom. The lowest BCUT2D eigenvalue weighted by atomic mass is 9.92. The molecule has 0 amide bonds. The summed E-state index contributed by atoms with van der Waals surface area (Å²) in [4.78, 5) is 11.6. The maximum Gasteiger partial charge on any atom is 0.335 e. The predicted molar refractivity (Wildman–Crippen MR) is 95.3 cm³/mol. The molecule has 0 saturated carbocycles. The molecule has 2 nitrogen and oxygen atoms in total. The van der Waals surface area contributed by atoms with Crippen molar-refractivity contribution in [3.05, 3.63) is 77.4 Å². The summed E-state index contributed by atoms with van der Waals surface area (Å²) in [6, 6.07) is 14.6. The molecule has 3 rings (SSSR count). The molecule has 23 heavy (non-hydrogen) atoms. The maximum absolute atomic E-state index is 11.6. The van der Waals surface area contributed by atoms with Crippen LogP contribution in [-0.4, -0.2) is 11.1 Å². The number of fused-ring (bicyclic) bond motifs is 1. The molecule has 0 fully saturated rings. The number of aliphatic carboxylic acids is 1. The van der Waals surface area contributed by atoms with Crippen molar-refractivity contribution in [2.75, 3.05) is 0 Å². The SMILES string of the molecule is CCC1=C(C(=O)O)C=C(c2ccc3ccccc3c2)CCC=C1. The van der Waals surface area contributed by atoms with E-state index in [1.807, 2.05) is 31.2 Å². The van der Waals surface area contributed by atoms with Crippen LogP contribution in [0.25, 0.3) is 16.3 Å². The van der Waals surface area contributed by atoms with Crippen LogP contribution in [0.1, 0.15) is 31.7 Å². The van der Waals surface area contributed by atoms with E-state index in [0.29, 0.717) is 5.57 Å². The Labute approximate surface area is 136 Å². The average Bonchev–Trinajstić information content (AvgIpc) is 2.54. The first-order valence-electron chi connectivity index (χ1n) is 8.01. The summed E-state index contributed by atoms with van der Waals surface area (Å²) in [5.41, 5.74) is 3.48. The van der Waals surface area contributed by atoms with Crippen molar-refractivity contribution in [2.24, 2.45) is 0 Å². The number of carboxylic acid groups (broad SMARTS) is 1. The van der Waals surface area contributed by atoms with Crippen molar-refractivity contribution in [3.8, 4) is 0 Å². The van der Waals surface area contributed by atoms with Crippen molar-refractivity contribution in [1.82, 2.24) is 0 Å². The summed E-state index contributed by atoms with van der Waals surface area (Å²) in [5, 5.41) is 11.9. The van der Waals surface area contributed by atoms with Crippen LogP contribution >= 0.6 is 0 Å². The molecule has 0 aromatic heterocycles. The topological polar surface area (TPSA) is 37.3 Å². The first kappa shape index (κ1) is 15.3. The normalized spacial score (nSPS) is 15.3. The van der Waals surface area contributed by atoms with E-state index in [2.05, 4.69) is 36.4 Å². The van der Waals surface area contributed by atoms with Crippen molar-refractivity contribution < 1.29 is 9.90 Å². The van der Waals surface area contributed by atoms with Crippen LogP contribution in [0, 0.1) is 0 Å². The molecule has 0 heterocycles. The van der Waals surface area contributed by atoms with Crippen molar-refractivity contribution in [1.29, 1.82) is 0 Å². The standard InChI is InChI=1S/C21H20O2/c1-2-15-7-3-5-10-18(14-20(15)21(22)23)19-12-11-16-8-4-6-9-17(16)13-19/h3-4,6-9,11-14H,2,5,10H2,1H3,(H,22,23). The molecule has 0 spiro atoms. The quantitative estimate of drug-likeness (QED) is 0.828. The van der Waals surface area contributed by atoms with E-state index in [1.54, 1.807) is 0 Å². The summed E-state index contributed by atoms with van der Waals surface area (Å²) in [6.07, 6.45) is 8.39. The number of hydrogen-bond donors (Lipinski definition) is 1. The van der Waals surface area contributed by atoms with Gasteiger partial charge in [-0.25, -0.2) is 4.79 Å². The maximum atomic E-state index is 11.6. The van der Waals surface area contributed by atoms with E-state index in [0.717, 1.165) is 36.0 Å². The first-order valence-corrected chi connectivity index (χ1v) is 8.01. The molecular formula is C21H20O2. The van der Waals surface area contributed by atoms with E-state index in [4.69, 9.17) is 0 Å². The molecule has 1 aliphatic rings. The first-order chi connectivity index (χ1) is 11.2. The van der Waals surface area contributed by atoms with Crippen molar-refractivity contribution in [2.45, 2.75) is 26.2 Å². The van der Waals surface area contributed by atoms with E-state index >= 15 is 0 Å². The minimum atomic E-state index is -0.855. The van der Waals surface area contributed by atoms with Crippen LogP contribution in [-0.2, 0) is 4.79 Å². The zero-order valence-electron chi connectivity index (χ0n) is 13.3. The summed E-state index contributed by atoms with van der Waals surface area (Å²) in [5.74, 6) is -0.855. The van der Waals surface area contributed by atoms with Gasteiger partial charge in [0.15, 0.2) is 0 Å². The van der Waals surface area contributed by atoms with Crippen LogP contribution in [0.3, 0.4) is 0 Å². The van der Waals surface area contributed by atoms with E-state index in [-0.39, 0.29) is 0 Å². The van der Waals surface area contributed by atoms with Gasteiger partial charge in [0.05, 0.1) is 5.57 Å². The summed E-state index contributed by atoms with van der Waals surface area (Å²) >= 11 is 0. The number of carbonyl (C=O) groups is 1. The zero-order valence-corrected chi connectivity index (χ0v) is 13.3. The third-order valence-corrected chi connectivity index (χ3v) is 4.30. The Morgan fingerprint density at radius 3 is 2.65 bits per heavy atom. The highest BCUT2D eigenvalue weighted by Crippen LogP contribution is 2.29. The van der Waals surface area contributed by atoms with E-state index < -0.39 is 5.97 Å². The average molecular weight is 304 g/mol. The minimum Gasteiger partial charge on any atom is -0.478 e. The Kier molecular flexibility index (Phi) is 4.42. The van der Waals surface area contributed by atoms with Gasteiger partial charge in [-0.3, -0.25) is 0 Å². The molecule has 1 aliphatic carbocycles. The second kappa shape index (κ2) is 6.66. The second-order valence-electron chi connectivity index (χ2n) is 5.77. The fraction of sp³-hybridized carbons (Fsp3) is 0.190.